The van der Waals surface area contributed by atoms with E-state index in [1.165, 1.54) is 17.3 Å². The highest BCUT2D eigenvalue weighted by Crippen LogP contribution is 2.23. The Morgan fingerprint density at radius 1 is 1.64 bits per heavy atom. The number of hydrogen-bond donors (Lipinski definition) is 1. The van der Waals surface area contributed by atoms with Crippen LogP contribution in [0, 0.1) is 0 Å². The van der Waals surface area contributed by atoms with Gasteiger partial charge in [0.1, 0.15) is 0 Å². The summed E-state index contributed by atoms with van der Waals surface area (Å²) in [6.07, 6.45) is 3.79. The summed E-state index contributed by atoms with van der Waals surface area (Å²) in [5.41, 5.74) is 0. The van der Waals surface area contributed by atoms with E-state index < -0.39 is 0 Å². The summed E-state index contributed by atoms with van der Waals surface area (Å²) < 4.78 is 2.01. The van der Waals surface area contributed by atoms with Gasteiger partial charge < -0.3 is 9.88 Å². The fourth-order valence-corrected chi connectivity index (χ4v) is 4.01. The van der Waals surface area contributed by atoms with E-state index in [4.69, 9.17) is 0 Å². The van der Waals surface area contributed by atoms with Gasteiger partial charge in [-0.05, 0) is 0 Å². The van der Waals surface area contributed by atoms with Crippen LogP contribution in [0.25, 0.3) is 0 Å². The van der Waals surface area contributed by atoms with Crippen LogP contribution in [0.2, 0.25) is 0 Å². The fraction of sp³-hybridized carbons (Fsp3) is 0.667. The number of nitrogens with one attached hydrogen (secondary N) is 1. The van der Waals surface area contributed by atoms with Crippen molar-refractivity contribution in [2.45, 2.75) is 5.25 Å². The van der Waals surface area contributed by atoms with Crippen molar-refractivity contribution < 1.29 is 0 Å². The number of aromatic nitrogens is 2. The first-order valence-electron chi connectivity index (χ1n) is 4.77. The standard InChI is InChI=1S/C9H15N3S2/c1-12-3-2-10-9(12)11-6-8-7-13-4-5-14-8/h2-3,8H,4-7H2,1H3,(H,10,11). The van der Waals surface area contributed by atoms with Crippen LogP contribution in [0.1, 0.15) is 0 Å². The minimum Gasteiger partial charge on any atom is -0.355 e. The van der Waals surface area contributed by atoms with Gasteiger partial charge in [0.2, 0.25) is 5.95 Å². The van der Waals surface area contributed by atoms with Crippen molar-refractivity contribution in [3.8, 4) is 0 Å². The molecule has 1 saturated heterocycles. The molecule has 5 heteroatoms. The molecule has 0 bridgehead atoms. The number of rotatable bonds is 3. The van der Waals surface area contributed by atoms with E-state index in [1.807, 2.05) is 24.0 Å². The molecule has 3 nitrogen and oxygen atoms in total. The normalized spacial score (nSPS) is 22.2. The number of thioether (sulfide) groups is 2. The fourth-order valence-electron chi connectivity index (χ4n) is 1.40. The number of anilines is 1. The summed E-state index contributed by atoms with van der Waals surface area (Å²) in [7, 11) is 2.01. The maximum Gasteiger partial charge on any atom is 0.202 e. The lowest BCUT2D eigenvalue weighted by atomic mass is 10.5. The third-order valence-corrected chi connectivity index (χ3v) is 5.04. The molecule has 1 fully saturated rings. The number of hydrogen-bond acceptors (Lipinski definition) is 4. The third-order valence-electron chi connectivity index (χ3n) is 2.19. The first kappa shape index (κ1) is 10.2. The Kier molecular flexibility index (Phi) is 3.64. The van der Waals surface area contributed by atoms with Crippen molar-refractivity contribution in [1.82, 2.24) is 9.55 Å². The van der Waals surface area contributed by atoms with Gasteiger partial charge in [-0.1, -0.05) is 0 Å². The number of nitrogens with zero attached hydrogens (tertiary/aromatic N) is 2. The predicted octanol–water partition coefficient (Wildman–Crippen LogP) is 1.68. The molecule has 1 N–H and O–H groups in total. The van der Waals surface area contributed by atoms with E-state index in [0.717, 1.165) is 17.7 Å². The van der Waals surface area contributed by atoms with Gasteiger partial charge in [-0.15, -0.1) is 0 Å². The van der Waals surface area contributed by atoms with Gasteiger partial charge >= 0.3 is 0 Å². The van der Waals surface area contributed by atoms with Crippen molar-refractivity contribution in [1.29, 1.82) is 0 Å². The second-order valence-corrected chi connectivity index (χ2v) is 5.87. The molecule has 0 saturated carbocycles. The van der Waals surface area contributed by atoms with Crippen LogP contribution >= 0.6 is 23.5 Å². The van der Waals surface area contributed by atoms with Crippen LogP contribution < -0.4 is 5.32 Å². The minimum absolute atomic E-state index is 0.741. The van der Waals surface area contributed by atoms with Gasteiger partial charge in [0.05, 0.1) is 0 Å². The van der Waals surface area contributed by atoms with Crippen LogP contribution in [0.3, 0.4) is 0 Å². The molecule has 1 atom stereocenters. The Morgan fingerprint density at radius 2 is 2.57 bits per heavy atom. The summed E-state index contributed by atoms with van der Waals surface area (Å²) in [4.78, 5) is 4.24. The second kappa shape index (κ2) is 4.98. The number of aryl methyl sites for hydroxylation is 1. The molecule has 0 aliphatic carbocycles. The Balaban J connectivity index is 1.79. The van der Waals surface area contributed by atoms with E-state index in [9.17, 15) is 0 Å². The molecule has 14 heavy (non-hydrogen) atoms. The highest BCUT2D eigenvalue weighted by Gasteiger charge is 2.14. The van der Waals surface area contributed by atoms with Crippen LogP contribution in [-0.2, 0) is 7.05 Å². The van der Waals surface area contributed by atoms with Gasteiger partial charge in [0, 0.05) is 48.5 Å². The molecule has 0 aromatic carbocycles. The van der Waals surface area contributed by atoms with Crippen LogP contribution in [0.15, 0.2) is 12.4 Å². The Labute approximate surface area is 93.1 Å². The molecule has 1 aliphatic heterocycles. The topological polar surface area (TPSA) is 29.9 Å². The first-order chi connectivity index (χ1) is 6.86. The molecular weight excluding hydrogens is 214 g/mol. The molecule has 1 aromatic rings. The average Bonchev–Trinajstić information content (AvgIpc) is 2.63. The molecule has 1 aromatic heterocycles. The molecule has 2 heterocycles. The summed E-state index contributed by atoms with van der Waals surface area (Å²) in [6.45, 7) is 1.03. The Bertz CT molecular complexity index is 281. The zero-order chi connectivity index (χ0) is 9.80. The van der Waals surface area contributed by atoms with Crippen molar-refractivity contribution >= 4 is 29.5 Å². The molecular formula is C9H15N3S2. The molecule has 78 valence electrons. The second-order valence-electron chi connectivity index (χ2n) is 3.31. The van der Waals surface area contributed by atoms with Crippen molar-refractivity contribution in [3.05, 3.63) is 12.4 Å². The Morgan fingerprint density at radius 3 is 3.21 bits per heavy atom. The van der Waals surface area contributed by atoms with Crippen LogP contribution in [0.4, 0.5) is 5.95 Å². The third kappa shape index (κ3) is 2.60. The molecule has 0 amide bonds. The van der Waals surface area contributed by atoms with Crippen molar-refractivity contribution in [2.24, 2.45) is 7.05 Å². The lowest BCUT2D eigenvalue weighted by molar-refractivity contribution is 0.887. The highest BCUT2D eigenvalue weighted by molar-refractivity contribution is 8.06. The maximum atomic E-state index is 4.24. The molecule has 0 spiro atoms. The maximum absolute atomic E-state index is 4.24. The van der Waals surface area contributed by atoms with Crippen molar-refractivity contribution in [3.63, 3.8) is 0 Å². The van der Waals surface area contributed by atoms with Gasteiger partial charge in [-0.3, -0.25) is 0 Å². The molecule has 0 radical (unpaired) electrons. The van der Waals surface area contributed by atoms with Gasteiger partial charge in [-0.2, -0.15) is 23.5 Å². The van der Waals surface area contributed by atoms with E-state index in [-0.39, 0.29) is 0 Å². The quantitative estimate of drug-likeness (QED) is 0.854. The summed E-state index contributed by atoms with van der Waals surface area (Å²) >= 11 is 4.13. The van der Waals surface area contributed by atoms with E-state index >= 15 is 0 Å². The lowest BCUT2D eigenvalue weighted by Crippen LogP contribution is -2.24. The minimum atomic E-state index is 0.741. The van der Waals surface area contributed by atoms with Gasteiger partial charge in [-0.25, -0.2) is 4.98 Å². The molecule has 1 unspecified atom stereocenters. The zero-order valence-electron chi connectivity index (χ0n) is 8.27. The summed E-state index contributed by atoms with van der Waals surface area (Å²) in [6, 6.07) is 0. The van der Waals surface area contributed by atoms with E-state index in [2.05, 4.69) is 33.8 Å². The number of imidazole rings is 1. The largest absolute Gasteiger partial charge is 0.355 e. The smallest absolute Gasteiger partial charge is 0.202 e. The van der Waals surface area contributed by atoms with E-state index in [1.54, 1.807) is 0 Å². The average molecular weight is 229 g/mol. The zero-order valence-corrected chi connectivity index (χ0v) is 9.90. The predicted molar refractivity (Wildman–Crippen MR) is 65.3 cm³/mol. The van der Waals surface area contributed by atoms with Gasteiger partial charge in [0.25, 0.3) is 0 Å². The monoisotopic (exact) mass is 229 g/mol. The van der Waals surface area contributed by atoms with Crippen molar-refractivity contribution in [2.75, 3.05) is 29.1 Å². The summed E-state index contributed by atoms with van der Waals surface area (Å²) in [5.74, 6) is 4.84. The van der Waals surface area contributed by atoms with Gasteiger partial charge in [0.15, 0.2) is 0 Å². The van der Waals surface area contributed by atoms with Crippen LogP contribution in [0.5, 0.6) is 0 Å². The Hall–Kier alpha value is -0.290. The highest BCUT2D eigenvalue weighted by atomic mass is 32.2. The SMILES string of the molecule is Cn1ccnc1NCC1CSCCS1. The molecule has 2 rings (SSSR count). The molecule has 1 aliphatic rings. The first-order valence-corrected chi connectivity index (χ1v) is 6.97. The van der Waals surface area contributed by atoms with E-state index in [0.29, 0.717) is 0 Å². The van der Waals surface area contributed by atoms with Crippen LogP contribution in [-0.4, -0.2) is 38.6 Å². The lowest BCUT2D eigenvalue weighted by Gasteiger charge is -2.21. The summed E-state index contributed by atoms with van der Waals surface area (Å²) in [5, 5.41) is 4.12.